The number of likely N-dealkylation sites (tertiary alicyclic amines) is 2. The molecule has 2 aliphatic heterocycles. The lowest BCUT2D eigenvalue weighted by molar-refractivity contribution is -0.0422. The van der Waals surface area contributed by atoms with Crippen LogP contribution in [0.15, 0.2) is 12.2 Å². The molecule has 0 aromatic carbocycles. The van der Waals surface area contributed by atoms with E-state index in [0.29, 0.717) is 13.0 Å². The standard InChI is InChI=1S/C22H41FN2O3/c1-14(2)27-17(6)21-19(23)9-10-25(21)12-16(5)22(28-15(3)4)20-11-18(26-8)13-24(20)7/h14-15,17-22H,5,9-13H2,1-4,6-8H3/t17-,18+,19-,20-,21+,22-/m0/s1. The number of likely N-dealkylation sites (N-methyl/N-ethyl adjacent to an activating group) is 1. The predicted octanol–water partition coefficient (Wildman–Crippen LogP) is 3.28. The molecule has 5 nitrogen and oxygen atoms in total. The number of methoxy groups -OCH3 is 1. The molecule has 6 heteroatoms. The van der Waals surface area contributed by atoms with Gasteiger partial charge in [0.25, 0.3) is 0 Å². The molecule has 164 valence electrons. The van der Waals surface area contributed by atoms with E-state index in [0.717, 1.165) is 25.1 Å². The monoisotopic (exact) mass is 400 g/mol. The minimum atomic E-state index is -0.863. The molecule has 0 unspecified atom stereocenters. The molecule has 2 aliphatic rings. The topological polar surface area (TPSA) is 34.2 Å². The van der Waals surface area contributed by atoms with Crippen LogP contribution in [-0.2, 0) is 14.2 Å². The van der Waals surface area contributed by atoms with Crippen molar-refractivity contribution in [3.63, 3.8) is 0 Å². The lowest BCUT2D eigenvalue weighted by Gasteiger charge is -2.36. The highest BCUT2D eigenvalue weighted by atomic mass is 19.1. The number of rotatable bonds is 10. The van der Waals surface area contributed by atoms with Crippen molar-refractivity contribution in [2.24, 2.45) is 0 Å². The molecular weight excluding hydrogens is 359 g/mol. The van der Waals surface area contributed by atoms with Crippen LogP contribution in [0.2, 0.25) is 0 Å². The largest absolute Gasteiger partial charge is 0.380 e. The summed E-state index contributed by atoms with van der Waals surface area (Å²) in [6.45, 7) is 16.7. The van der Waals surface area contributed by atoms with E-state index in [2.05, 4.69) is 37.3 Å². The molecule has 0 N–H and O–H groups in total. The van der Waals surface area contributed by atoms with E-state index in [9.17, 15) is 4.39 Å². The molecule has 0 aromatic rings. The van der Waals surface area contributed by atoms with Gasteiger partial charge < -0.3 is 14.2 Å². The van der Waals surface area contributed by atoms with Crippen molar-refractivity contribution in [1.29, 1.82) is 0 Å². The zero-order valence-electron chi connectivity index (χ0n) is 18.9. The van der Waals surface area contributed by atoms with Crippen LogP contribution in [-0.4, -0.2) is 92.4 Å². The predicted molar refractivity (Wildman–Crippen MR) is 112 cm³/mol. The third kappa shape index (κ3) is 5.99. The van der Waals surface area contributed by atoms with Crippen LogP contribution in [0.5, 0.6) is 0 Å². The summed E-state index contributed by atoms with van der Waals surface area (Å²) < 4.78 is 32.5. The highest BCUT2D eigenvalue weighted by molar-refractivity contribution is 5.13. The van der Waals surface area contributed by atoms with Gasteiger partial charge in [0.05, 0.1) is 36.6 Å². The summed E-state index contributed by atoms with van der Waals surface area (Å²) in [5.74, 6) is 0. The molecular formula is C22H41FN2O3. The van der Waals surface area contributed by atoms with Crippen molar-refractivity contribution in [3.05, 3.63) is 12.2 Å². The first-order chi connectivity index (χ1) is 13.1. The first-order valence-corrected chi connectivity index (χ1v) is 10.7. The number of halogens is 1. The first-order valence-electron chi connectivity index (χ1n) is 10.7. The number of ether oxygens (including phenoxy) is 3. The Morgan fingerprint density at radius 3 is 2.32 bits per heavy atom. The van der Waals surface area contributed by atoms with Crippen LogP contribution >= 0.6 is 0 Å². The smallest absolute Gasteiger partial charge is 0.119 e. The van der Waals surface area contributed by atoms with Crippen molar-refractivity contribution in [3.8, 4) is 0 Å². The maximum atomic E-state index is 14.7. The van der Waals surface area contributed by atoms with E-state index in [1.165, 1.54) is 0 Å². The first kappa shape index (κ1) is 23.7. The molecule has 2 fully saturated rings. The van der Waals surface area contributed by atoms with E-state index >= 15 is 0 Å². The minimum absolute atomic E-state index is 0.0861. The van der Waals surface area contributed by atoms with Gasteiger partial charge in [-0.25, -0.2) is 4.39 Å². The summed E-state index contributed by atoms with van der Waals surface area (Å²) in [5.41, 5.74) is 1.01. The second-order valence-electron chi connectivity index (χ2n) is 9.02. The third-order valence-corrected chi connectivity index (χ3v) is 5.92. The maximum Gasteiger partial charge on any atom is 0.119 e. The SMILES string of the molecule is C=C(CN1CC[C@H](F)[C@H]1[C@H](C)OC(C)C)[C@H](OC(C)C)[C@@H]1C[C@@H](OC)CN1C. The highest BCUT2D eigenvalue weighted by Gasteiger charge is 2.42. The van der Waals surface area contributed by atoms with E-state index in [1.54, 1.807) is 7.11 Å². The number of hydrogen-bond acceptors (Lipinski definition) is 5. The Hall–Kier alpha value is -0.530. The van der Waals surface area contributed by atoms with Gasteiger partial charge in [0.1, 0.15) is 6.17 Å². The molecule has 0 spiro atoms. The van der Waals surface area contributed by atoms with E-state index < -0.39 is 6.17 Å². The van der Waals surface area contributed by atoms with E-state index in [1.807, 2.05) is 20.8 Å². The second-order valence-corrected chi connectivity index (χ2v) is 9.02. The fourth-order valence-corrected chi connectivity index (χ4v) is 4.73. The van der Waals surface area contributed by atoms with Gasteiger partial charge >= 0.3 is 0 Å². The normalized spacial score (nSPS) is 31.8. The quantitative estimate of drug-likeness (QED) is 0.526. The summed E-state index contributed by atoms with van der Waals surface area (Å²) >= 11 is 0. The Morgan fingerprint density at radius 2 is 1.79 bits per heavy atom. The van der Waals surface area contributed by atoms with Crippen LogP contribution in [0.25, 0.3) is 0 Å². The van der Waals surface area contributed by atoms with Crippen LogP contribution in [0.4, 0.5) is 4.39 Å². The molecule has 0 bridgehead atoms. The molecule has 2 heterocycles. The molecule has 2 saturated heterocycles. The molecule has 28 heavy (non-hydrogen) atoms. The number of hydrogen-bond donors (Lipinski definition) is 0. The van der Waals surface area contributed by atoms with Crippen molar-refractivity contribution >= 4 is 0 Å². The Kier molecular flexibility index (Phi) is 8.89. The minimum Gasteiger partial charge on any atom is -0.380 e. The zero-order valence-corrected chi connectivity index (χ0v) is 18.9. The van der Waals surface area contributed by atoms with Gasteiger partial charge in [-0.2, -0.15) is 0 Å². The van der Waals surface area contributed by atoms with Crippen LogP contribution in [0.1, 0.15) is 47.5 Å². The summed E-state index contributed by atoms with van der Waals surface area (Å²) in [6, 6.07) is -0.00158. The Balaban J connectivity index is 2.09. The fourth-order valence-electron chi connectivity index (χ4n) is 4.73. The highest BCUT2D eigenvalue weighted by Crippen LogP contribution is 2.31. The lowest BCUT2D eigenvalue weighted by Crippen LogP contribution is -2.47. The van der Waals surface area contributed by atoms with E-state index in [4.69, 9.17) is 14.2 Å². The summed E-state index contributed by atoms with van der Waals surface area (Å²) in [6.07, 6.45) is 0.770. The van der Waals surface area contributed by atoms with Gasteiger partial charge in [0.2, 0.25) is 0 Å². The molecule has 0 amide bonds. The molecule has 6 atom stereocenters. The maximum absolute atomic E-state index is 14.7. The molecule has 0 radical (unpaired) electrons. The Labute approximate surface area is 171 Å². The fraction of sp³-hybridized carbons (Fsp3) is 0.909. The molecule has 0 aliphatic carbocycles. The number of alkyl halides is 1. The van der Waals surface area contributed by atoms with Crippen LogP contribution < -0.4 is 0 Å². The van der Waals surface area contributed by atoms with Crippen LogP contribution in [0, 0.1) is 0 Å². The average molecular weight is 401 g/mol. The lowest BCUT2D eigenvalue weighted by atomic mass is 9.99. The van der Waals surface area contributed by atoms with Gasteiger partial charge in [-0.1, -0.05) is 6.58 Å². The van der Waals surface area contributed by atoms with Crippen LogP contribution in [0.3, 0.4) is 0 Å². The van der Waals surface area contributed by atoms with Gasteiger partial charge in [0, 0.05) is 32.8 Å². The third-order valence-electron chi connectivity index (χ3n) is 5.92. The summed E-state index contributed by atoms with van der Waals surface area (Å²) in [7, 11) is 3.88. The summed E-state index contributed by atoms with van der Waals surface area (Å²) in [4.78, 5) is 4.50. The summed E-state index contributed by atoms with van der Waals surface area (Å²) in [5, 5.41) is 0. The van der Waals surface area contributed by atoms with Gasteiger partial charge in [-0.3, -0.25) is 9.80 Å². The van der Waals surface area contributed by atoms with Gasteiger partial charge in [-0.05, 0) is 60.1 Å². The Bertz CT molecular complexity index is 502. The second kappa shape index (κ2) is 10.5. The number of nitrogens with zero attached hydrogens (tertiary/aromatic N) is 2. The Morgan fingerprint density at radius 1 is 1.14 bits per heavy atom. The molecule has 0 aromatic heterocycles. The van der Waals surface area contributed by atoms with Crippen molar-refractivity contribution in [2.75, 3.05) is 33.8 Å². The average Bonchev–Trinajstić information content (AvgIpc) is 3.14. The van der Waals surface area contributed by atoms with Crippen molar-refractivity contribution in [1.82, 2.24) is 9.80 Å². The zero-order chi connectivity index (χ0) is 21.0. The molecule has 0 saturated carbocycles. The van der Waals surface area contributed by atoms with Gasteiger partial charge in [0.15, 0.2) is 0 Å². The van der Waals surface area contributed by atoms with E-state index in [-0.39, 0.29) is 42.6 Å². The van der Waals surface area contributed by atoms with Gasteiger partial charge in [-0.15, -0.1) is 0 Å². The van der Waals surface area contributed by atoms with Crippen molar-refractivity contribution < 1.29 is 18.6 Å². The molecule has 2 rings (SSSR count). The van der Waals surface area contributed by atoms with Crippen molar-refractivity contribution in [2.45, 2.75) is 96.2 Å².